The summed E-state index contributed by atoms with van der Waals surface area (Å²) in [7, 11) is 0. The van der Waals surface area contributed by atoms with Gasteiger partial charge in [0.05, 0.1) is 6.04 Å². The molecule has 0 aromatic heterocycles. The van der Waals surface area contributed by atoms with Gasteiger partial charge in [0.15, 0.2) is 0 Å². The smallest absolute Gasteiger partial charge is 0.220 e. The van der Waals surface area contributed by atoms with Crippen LogP contribution in [0.3, 0.4) is 0 Å². The third kappa shape index (κ3) is 1.75. The Hall–Kier alpha value is -0.830. The predicted octanol–water partition coefficient (Wildman–Crippen LogP) is 2.40. The average Bonchev–Trinajstić information content (AvgIpc) is 2.53. The first-order valence-corrected chi connectivity index (χ1v) is 5.10. The first-order chi connectivity index (χ1) is 6.27. The van der Waals surface area contributed by atoms with Crippen LogP contribution in [0.4, 0.5) is 0 Å². The Labute approximate surface area is 85.5 Å². The molecule has 0 saturated carbocycles. The van der Waals surface area contributed by atoms with Gasteiger partial charge in [-0.1, -0.05) is 34.1 Å². The third-order valence-corrected chi connectivity index (χ3v) is 3.00. The van der Waals surface area contributed by atoms with Crippen molar-refractivity contribution in [2.75, 3.05) is 0 Å². The second kappa shape index (κ2) is 3.50. The highest BCUT2D eigenvalue weighted by Gasteiger charge is 2.23. The highest BCUT2D eigenvalue weighted by molar-refractivity contribution is 9.10. The van der Waals surface area contributed by atoms with Gasteiger partial charge in [0.25, 0.3) is 0 Å². The third-order valence-electron chi connectivity index (χ3n) is 2.28. The van der Waals surface area contributed by atoms with Gasteiger partial charge in [0.2, 0.25) is 5.91 Å². The first-order valence-electron chi connectivity index (χ1n) is 4.31. The van der Waals surface area contributed by atoms with Crippen molar-refractivity contribution in [3.63, 3.8) is 0 Å². The van der Waals surface area contributed by atoms with Crippen LogP contribution in [0, 0.1) is 0 Å². The van der Waals surface area contributed by atoms with E-state index in [1.165, 1.54) is 5.56 Å². The molecule has 1 aromatic carbocycles. The summed E-state index contributed by atoms with van der Waals surface area (Å²) in [5.41, 5.74) is 1.17. The van der Waals surface area contributed by atoms with E-state index >= 15 is 0 Å². The molecule has 68 valence electrons. The topological polar surface area (TPSA) is 29.1 Å². The van der Waals surface area contributed by atoms with Gasteiger partial charge in [-0.3, -0.25) is 4.79 Å². The molecule has 3 heteroatoms. The fourth-order valence-corrected chi connectivity index (χ4v) is 2.17. The van der Waals surface area contributed by atoms with Gasteiger partial charge in [-0.15, -0.1) is 0 Å². The predicted molar refractivity (Wildman–Crippen MR) is 54.3 cm³/mol. The lowest BCUT2D eigenvalue weighted by Crippen LogP contribution is -2.18. The van der Waals surface area contributed by atoms with Crippen molar-refractivity contribution < 1.29 is 4.79 Å². The zero-order valence-corrected chi connectivity index (χ0v) is 8.67. The number of carbonyl (C=O) groups is 1. The zero-order chi connectivity index (χ0) is 9.26. The summed E-state index contributed by atoms with van der Waals surface area (Å²) >= 11 is 3.47. The standard InChI is InChI=1S/C10H10BrNO/c11-8-4-2-1-3-7(8)9-5-6-10(13)12-9/h1-4,9H,5-6H2,(H,12,13)/t9-/m0/s1. The Balaban J connectivity index is 2.26. The van der Waals surface area contributed by atoms with Crippen molar-refractivity contribution in [3.05, 3.63) is 34.3 Å². The Kier molecular flexibility index (Phi) is 2.36. The molecule has 1 atom stereocenters. The lowest BCUT2D eigenvalue weighted by molar-refractivity contribution is -0.119. The molecule has 1 aliphatic rings. The summed E-state index contributed by atoms with van der Waals surface area (Å²) in [4.78, 5) is 11.0. The van der Waals surface area contributed by atoms with E-state index in [0.29, 0.717) is 6.42 Å². The summed E-state index contributed by atoms with van der Waals surface area (Å²) in [5.74, 6) is 0.153. The Morgan fingerprint density at radius 1 is 1.38 bits per heavy atom. The maximum atomic E-state index is 11.0. The number of amides is 1. The molecule has 2 nitrogen and oxygen atoms in total. The molecule has 0 radical (unpaired) electrons. The van der Waals surface area contributed by atoms with Crippen LogP contribution < -0.4 is 5.32 Å². The van der Waals surface area contributed by atoms with Crippen LogP contribution in [0.15, 0.2) is 28.7 Å². The molecule has 1 N–H and O–H groups in total. The maximum Gasteiger partial charge on any atom is 0.220 e. The Morgan fingerprint density at radius 3 is 2.77 bits per heavy atom. The van der Waals surface area contributed by atoms with Crippen molar-refractivity contribution in [2.45, 2.75) is 18.9 Å². The molecule has 0 unspecified atom stereocenters. The van der Waals surface area contributed by atoms with E-state index in [1.54, 1.807) is 0 Å². The number of halogens is 1. The number of rotatable bonds is 1. The number of nitrogens with one attached hydrogen (secondary N) is 1. The van der Waals surface area contributed by atoms with Gasteiger partial charge >= 0.3 is 0 Å². The lowest BCUT2D eigenvalue weighted by atomic mass is 10.1. The van der Waals surface area contributed by atoms with Crippen molar-refractivity contribution in [1.29, 1.82) is 0 Å². The fourth-order valence-electron chi connectivity index (χ4n) is 1.61. The van der Waals surface area contributed by atoms with E-state index in [4.69, 9.17) is 0 Å². The van der Waals surface area contributed by atoms with Crippen LogP contribution in [0.5, 0.6) is 0 Å². The van der Waals surface area contributed by atoms with Crippen LogP contribution in [-0.2, 0) is 4.79 Å². The molecule has 1 aromatic rings. The van der Waals surface area contributed by atoms with E-state index in [2.05, 4.69) is 21.2 Å². The van der Waals surface area contributed by atoms with Crippen molar-refractivity contribution >= 4 is 21.8 Å². The molecule has 1 amide bonds. The molecule has 1 heterocycles. The quantitative estimate of drug-likeness (QED) is 0.802. The van der Waals surface area contributed by atoms with Gasteiger partial charge in [-0.25, -0.2) is 0 Å². The summed E-state index contributed by atoms with van der Waals surface area (Å²) in [6.45, 7) is 0. The second-order valence-electron chi connectivity index (χ2n) is 3.18. The summed E-state index contributed by atoms with van der Waals surface area (Å²) < 4.78 is 1.07. The molecular formula is C10H10BrNO. The maximum absolute atomic E-state index is 11.0. The van der Waals surface area contributed by atoms with Crippen molar-refractivity contribution in [1.82, 2.24) is 5.32 Å². The number of hydrogen-bond acceptors (Lipinski definition) is 1. The summed E-state index contributed by atoms with van der Waals surface area (Å²) in [5, 5.41) is 2.94. The molecular weight excluding hydrogens is 230 g/mol. The SMILES string of the molecule is O=C1CC[C@@H](c2ccccc2Br)N1. The van der Waals surface area contributed by atoms with Crippen LogP contribution in [0.1, 0.15) is 24.4 Å². The Bertz CT molecular complexity index is 337. The minimum Gasteiger partial charge on any atom is -0.349 e. The van der Waals surface area contributed by atoms with Gasteiger partial charge in [-0.2, -0.15) is 0 Å². The van der Waals surface area contributed by atoms with E-state index in [1.807, 2.05) is 24.3 Å². The molecule has 1 saturated heterocycles. The molecule has 1 fully saturated rings. The molecule has 0 bridgehead atoms. The Morgan fingerprint density at radius 2 is 2.15 bits per heavy atom. The number of carbonyl (C=O) groups excluding carboxylic acids is 1. The first kappa shape index (κ1) is 8.75. The van der Waals surface area contributed by atoms with Gasteiger partial charge in [-0.05, 0) is 18.1 Å². The van der Waals surface area contributed by atoms with Crippen LogP contribution in [-0.4, -0.2) is 5.91 Å². The largest absolute Gasteiger partial charge is 0.349 e. The minimum absolute atomic E-state index is 0.153. The van der Waals surface area contributed by atoms with E-state index in [0.717, 1.165) is 10.9 Å². The minimum atomic E-state index is 0.153. The van der Waals surface area contributed by atoms with Gasteiger partial charge in [0.1, 0.15) is 0 Å². The van der Waals surface area contributed by atoms with Gasteiger partial charge in [0, 0.05) is 10.9 Å². The summed E-state index contributed by atoms with van der Waals surface area (Å²) in [6.07, 6.45) is 1.55. The zero-order valence-electron chi connectivity index (χ0n) is 7.09. The van der Waals surface area contributed by atoms with E-state index < -0.39 is 0 Å². The summed E-state index contributed by atoms with van der Waals surface area (Å²) in [6, 6.07) is 8.21. The molecule has 0 spiro atoms. The normalized spacial score (nSPS) is 21.6. The molecule has 0 aliphatic carbocycles. The molecule has 1 aliphatic heterocycles. The highest BCUT2D eigenvalue weighted by Crippen LogP contribution is 2.29. The van der Waals surface area contributed by atoms with Crippen molar-refractivity contribution in [2.24, 2.45) is 0 Å². The fraction of sp³-hybridized carbons (Fsp3) is 0.300. The van der Waals surface area contributed by atoms with Crippen molar-refractivity contribution in [3.8, 4) is 0 Å². The lowest BCUT2D eigenvalue weighted by Gasteiger charge is -2.11. The van der Waals surface area contributed by atoms with Crippen LogP contribution in [0.25, 0.3) is 0 Å². The second-order valence-corrected chi connectivity index (χ2v) is 4.03. The average molecular weight is 240 g/mol. The monoisotopic (exact) mass is 239 g/mol. The van der Waals surface area contributed by atoms with Crippen LogP contribution >= 0.6 is 15.9 Å². The van der Waals surface area contributed by atoms with E-state index in [-0.39, 0.29) is 11.9 Å². The number of hydrogen-bond donors (Lipinski definition) is 1. The van der Waals surface area contributed by atoms with E-state index in [9.17, 15) is 4.79 Å². The molecule has 13 heavy (non-hydrogen) atoms. The number of benzene rings is 1. The van der Waals surface area contributed by atoms with Crippen LogP contribution in [0.2, 0.25) is 0 Å². The highest BCUT2D eigenvalue weighted by atomic mass is 79.9. The molecule has 2 rings (SSSR count). The van der Waals surface area contributed by atoms with Gasteiger partial charge < -0.3 is 5.32 Å².